The molecule has 3 aromatic carbocycles. The van der Waals surface area contributed by atoms with Gasteiger partial charge in [0.2, 0.25) is 27.8 Å². The lowest BCUT2D eigenvalue weighted by Gasteiger charge is -2.43. The number of amides is 4. The lowest BCUT2D eigenvalue weighted by atomic mass is 10.0. The zero-order valence-corrected chi connectivity index (χ0v) is 38.2. The second-order valence-electron chi connectivity index (χ2n) is 16.5. The number of hydrogen-bond donors (Lipinski definition) is 3. The summed E-state index contributed by atoms with van der Waals surface area (Å²) in [7, 11) is -0.402. The molecule has 1 unspecified atom stereocenters. The molecule has 0 radical (unpaired) electrons. The summed E-state index contributed by atoms with van der Waals surface area (Å²) >= 11 is 6.47. The van der Waals surface area contributed by atoms with Crippen molar-refractivity contribution in [3.63, 3.8) is 0 Å². The van der Waals surface area contributed by atoms with E-state index in [0.29, 0.717) is 47.0 Å². The summed E-state index contributed by atoms with van der Waals surface area (Å²) in [5.41, 5.74) is 3.08. The quantitative estimate of drug-likeness (QED) is 0.102. The van der Waals surface area contributed by atoms with E-state index in [1.165, 1.54) is 17.5 Å². The van der Waals surface area contributed by atoms with Crippen molar-refractivity contribution in [2.24, 2.45) is 0 Å². The number of halogens is 1. The Balaban J connectivity index is 0.773. The van der Waals surface area contributed by atoms with Crippen molar-refractivity contribution in [3.05, 3.63) is 83.0 Å². The number of sulfonamides is 1. The fourth-order valence-corrected chi connectivity index (χ4v) is 9.50. The predicted molar refractivity (Wildman–Crippen MR) is 247 cm³/mol. The van der Waals surface area contributed by atoms with E-state index in [-0.39, 0.29) is 34.9 Å². The molecule has 0 aliphatic carbocycles. The number of benzene rings is 3. The van der Waals surface area contributed by atoms with Crippen molar-refractivity contribution in [2.75, 3.05) is 92.7 Å². The van der Waals surface area contributed by atoms with Crippen LogP contribution >= 0.6 is 11.6 Å². The van der Waals surface area contributed by atoms with Crippen LogP contribution in [-0.4, -0.2) is 142 Å². The summed E-state index contributed by atoms with van der Waals surface area (Å²) in [5, 5.41) is 8.89. The van der Waals surface area contributed by atoms with Crippen LogP contribution in [0, 0.1) is 0 Å². The number of aromatic nitrogens is 2. The first-order valence-electron chi connectivity index (χ1n) is 21.8. The maximum absolute atomic E-state index is 13.4. The Morgan fingerprint density at radius 3 is 2.38 bits per heavy atom. The zero-order valence-electron chi connectivity index (χ0n) is 36.6. The van der Waals surface area contributed by atoms with Gasteiger partial charge in [-0.25, -0.2) is 13.4 Å². The van der Waals surface area contributed by atoms with Gasteiger partial charge in [0, 0.05) is 70.5 Å². The number of rotatable bonds is 16. The fourth-order valence-electron chi connectivity index (χ4n) is 8.84. The molecule has 0 saturated carbocycles. The number of hydrogen-bond acceptors (Lipinski definition) is 15. The lowest BCUT2D eigenvalue weighted by Crippen LogP contribution is -2.54. The smallest absolute Gasteiger partial charge is 0.266 e. The Morgan fingerprint density at radius 1 is 0.877 bits per heavy atom. The van der Waals surface area contributed by atoms with E-state index in [9.17, 15) is 27.6 Å². The Labute approximate surface area is 383 Å². The number of imide groups is 2. The summed E-state index contributed by atoms with van der Waals surface area (Å²) < 4.78 is 37.6. The topological polar surface area (TPSA) is 199 Å². The summed E-state index contributed by atoms with van der Waals surface area (Å²) in [6.45, 7) is 7.19. The minimum Gasteiger partial charge on any atom is -0.494 e. The van der Waals surface area contributed by atoms with Gasteiger partial charge in [0.25, 0.3) is 11.8 Å². The van der Waals surface area contributed by atoms with Gasteiger partial charge >= 0.3 is 0 Å². The maximum Gasteiger partial charge on any atom is 0.266 e. The van der Waals surface area contributed by atoms with Crippen molar-refractivity contribution < 1.29 is 37.1 Å². The third-order valence-electron chi connectivity index (χ3n) is 12.5. The van der Waals surface area contributed by atoms with Gasteiger partial charge < -0.3 is 29.9 Å². The van der Waals surface area contributed by atoms with Crippen LogP contribution in [0.2, 0.25) is 5.02 Å². The fraction of sp³-hybridized carbons (Fsp3) is 0.422. The van der Waals surface area contributed by atoms with E-state index in [1.807, 2.05) is 12.1 Å². The molecule has 4 aromatic rings. The van der Waals surface area contributed by atoms with E-state index in [4.69, 9.17) is 21.1 Å². The van der Waals surface area contributed by atoms with Gasteiger partial charge in [0.05, 0.1) is 54.4 Å². The van der Waals surface area contributed by atoms with Crippen LogP contribution < -0.4 is 34.6 Å². The number of carbonyl (C=O) groups is 4. The summed E-state index contributed by atoms with van der Waals surface area (Å²) in [6, 6.07) is 17.4. The summed E-state index contributed by atoms with van der Waals surface area (Å²) in [5.74, 6) is -0.616. The molecule has 1 aromatic heterocycles. The molecule has 1 atom stereocenters. The van der Waals surface area contributed by atoms with Gasteiger partial charge in [-0.15, -0.1) is 0 Å². The van der Waals surface area contributed by atoms with Crippen molar-refractivity contribution in [3.8, 4) is 11.5 Å². The maximum atomic E-state index is 13.4. The number of anilines is 6. The molecule has 8 rings (SSSR count). The lowest BCUT2D eigenvalue weighted by molar-refractivity contribution is -0.136. The molecular weight excluding hydrogens is 876 g/mol. The van der Waals surface area contributed by atoms with Crippen LogP contribution in [-0.2, 0) is 19.6 Å². The Kier molecular flexibility index (Phi) is 13.7. The molecule has 3 saturated heterocycles. The molecule has 0 spiro atoms. The SMILES string of the molecule is COc1cc(N2CCC(N3CCN(CCCCOc4cccc5c4C(=O)N(C4CCC(=O)NC4=O)C5=O)CC3)CC2)ccc1Nc1ncc(Cl)c(Nc2ccccc2N(C)S(C)(=O)=O)n1. The second-order valence-corrected chi connectivity index (χ2v) is 19.0. The number of carbonyl (C=O) groups excluding carboxylic acids is 4. The van der Waals surface area contributed by atoms with E-state index in [2.05, 4.69) is 46.7 Å². The number of ether oxygens (including phenoxy) is 2. The van der Waals surface area contributed by atoms with Crippen LogP contribution in [0.3, 0.4) is 0 Å². The number of methoxy groups -OCH3 is 1. The molecule has 65 heavy (non-hydrogen) atoms. The van der Waals surface area contributed by atoms with Crippen LogP contribution in [0.1, 0.15) is 59.2 Å². The number of para-hydroxylation sites is 2. The monoisotopic (exact) mass is 928 g/mol. The van der Waals surface area contributed by atoms with Crippen molar-refractivity contribution in [1.29, 1.82) is 0 Å². The molecule has 4 aliphatic heterocycles. The van der Waals surface area contributed by atoms with E-state index in [0.717, 1.165) is 88.3 Å². The Bertz CT molecular complexity index is 2570. The highest BCUT2D eigenvalue weighted by Gasteiger charge is 2.46. The molecule has 0 bridgehead atoms. The number of piperazine rings is 1. The van der Waals surface area contributed by atoms with Gasteiger partial charge in [-0.05, 0) is 75.0 Å². The highest BCUT2D eigenvalue weighted by molar-refractivity contribution is 7.92. The molecule has 18 nitrogen and oxygen atoms in total. The number of nitrogens with zero attached hydrogens (tertiary/aromatic N) is 7. The second kappa shape index (κ2) is 19.6. The molecule has 5 heterocycles. The summed E-state index contributed by atoms with van der Waals surface area (Å²) in [4.78, 5) is 68.0. The molecule has 3 fully saturated rings. The normalized spacial score (nSPS) is 18.7. The van der Waals surface area contributed by atoms with Crippen molar-refractivity contribution >= 4 is 79.8 Å². The molecular formula is C45H53ClN10O8S. The molecule has 4 aliphatic rings. The zero-order chi connectivity index (χ0) is 45.8. The highest BCUT2D eigenvalue weighted by atomic mass is 35.5. The van der Waals surface area contributed by atoms with Crippen molar-refractivity contribution in [1.82, 2.24) is 30.0 Å². The minimum atomic E-state index is -3.51. The van der Waals surface area contributed by atoms with Crippen LogP contribution in [0.25, 0.3) is 0 Å². The average molecular weight is 930 g/mol. The molecule has 4 amide bonds. The van der Waals surface area contributed by atoms with Gasteiger partial charge in [0.1, 0.15) is 22.6 Å². The number of unbranched alkanes of at least 4 members (excludes halogenated alkanes) is 1. The third-order valence-corrected chi connectivity index (χ3v) is 13.9. The van der Waals surface area contributed by atoms with E-state index < -0.39 is 39.7 Å². The number of nitrogens with one attached hydrogen (secondary N) is 3. The first-order valence-corrected chi connectivity index (χ1v) is 24.0. The highest BCUT2D eigenvalue weighted by Crippen LogP contribution is 2.37. The standard InChI is InChI=1S/C45H53ClN10O8S/c1-52(65(3,61)62)35-11-5-4-10-33(35)48-41-32(46)28-47-45(51-41)49-34-14-13-30(27-38(34)63-2)54-20-17-29(18-21-54)55-24-22-53(23-25-55)19-6-7-26-64-37-12-8-9-31-40(37)44(60)56(43(31)59)36-15-16-39(57)50-42(36)58/h4-5,8-14,27-29,36H,6-7,15-26H2,1-3H3,(H,50,57,58)(H2,47,48,49,51). The van der Waals surface area contributed by atoms with Crippen molar-refractivity contribution in [2.45, 2.75) is 50.6 Å². The first kappa shape index (κ1) is 45.5. The summed E-state index contributed by atoms with van der Waals surface area (Å²) in [6.07, 6.45) is 6.60. The van der Waals surface area contributed by atoms with Gasteiger partial charge in [-0.1, -0.05) is 29.8 Å². The van der Waals surface area contributed by atoms with E-state index >= 15 is 0 Å². The first-order chi connectivity index (χ1) is 31.3. The van der Waals surface area contributed by atoms with E-state index in [1.54, 1.807) is 49.6 Å². The average Bonchev–Trinajstić information content (AvgIpc) is 3.56. The van der Waals surface area contributed by atoms with Crippen LogP contribution in [0.15, 0.2) is 66.9 Å². The van der Waals surface area contributed by atoms with Gasteiger partial charge in [-0.3, -0.25) is 38.6 Å². The Hall–Kier alpha value is -6.02. The molecule has 20 heteroatoms. The third kappa shape index (κ3) is 10.1. The predicted octanol–water partition coefficient (Wildman–Crippen LogP) is 4.87. The van der Waals surface area contributed by atoms with Crippen LogP contribution in [0.5, 0.6) is 11.5 Å². The number of piperidine rings is 2. The number of fused-ring (bicyclic) bond motifs is 1. The largest absolute Gasteiger partial charge is 0.494 e. The molecule has 344 valence electrons. The van der Waals surface area contributed by atoms with Gasteiger partial charge in [-0.2, -0.15) is 4.98 Å². The minimum absolute atomic E-state index is 0.0667. The van der Waals surface area contributed by atoms with Crippen LogP contribution in [0.4, 0.5) is 34.5 Å². The van der Waals surface area contributed by atoms with Gasteiger partial charge in [0.15, 0.2) is 5.82 Å². The molecule has 3 N–H and O–H groups in total. The Morgan fingerprint density at radius 2 is 1.65 bits per heavy atom.